The molecule has 1 N–H and O–H groups in total. The van der Waals surface area contributed by atoms with Crippen LogP contribution in [0.4, 0.5) is 11.4 Å². The van der Waals surface area contributed by atoms with Gasteiger partial charge in [-0.25, -0.2) is 4.98 Å². The van der Waals surface area contributed by atoms with Crippen molar-refractivity contribution >= 4 is 34.2 Å². The standard InChI is InChI=1S/C21H23N5O2/c1-12-11-17(19-14(3)24-25(4)20(19)22-12)21(28)23-15-6-8-16(9-7-15)26-13(2)5-10-18(26)27/h6-9,11,13H,5,10H2,1-4H3,(H,23,28). The van der Waals surface area contributed by atoms with Gasteiger partial charge in [-0.15, -0.1) is 0 Å². The van der Waals surface area contributed by atoms with E-state index in [0.29, 0.717) is 23.3 Å². The molecule has 0 bridgehead atoms. The minimum absolute atomic E-state index is 0.144. The van der Waals surface area contributed by atoms with Crippen molar-refractivity contribution in [3.05, 3.63) is 47.3 Å². The predicted molar refractivity (Wildman–Crippen MR) is 109 cm³/mol. The lowest BCUT2D eigenvalue weighted by Gasteiger charge is -2.22. The second-order valence-corrected chi connectivity index (χ2v) is 7.37. The summed E-state index contributed by atoms with van der Waals surface area (Å²) in [7, 11) is 1.82. The highest BCUT2D eigenvalue weighted by Crippen LogP contribution is 2.28. The normalized spacial score (nSPS) is 16.8. The Hall–Kier alpha value is -3.22. The SMILES string of the molecule is Cc1cc(C(=O)Nc2ccc(N3C(=O)CCC3C)cc2)c2c(C)nn(C)c2n1. The first-order chi connectivity index (χ1) is 13.3. The van der Waals surface area contributed by atoms with E-state index in [1.165, 1.54) is 0 Å². The number of hydrogen-bond acceptors (Lipinski definition) is 4. The Morgan fingerprint density at radius 2 is 1.93 bits per heavy atom. The van der Waals surface area contributed by atoms with Gasteiger partial charge in [0.2, 0.25) is 5.91 Å². The maximum Gasteiger partial charge on any atom is 0.256 e. The molecule has 1 unspecified atom stereocenters. The number of aromatic nitrogens is 3. The molecule has 28 heavy (non-hydrogen) atoms. The Morgan fingerprint density at radius 1 is 1.21 bits per heavy atom. The highest BCUT2D eigenvalue weighted by atomic mass is 16.2. The van der Waals surface area contributed by atoms with Gasteiger partial charge in [-0.05, 0) is 57.5 Å². The fraction of sp³-hybridized carbons (Fsp3) is 0.333. The topological polar surface area (TPSA) is 80.1 Å². The summed E-state index contributed by atoms with van der Waals surface area (Å²) in [4.78, 5) is 31.3. The molecule has 0 spiro atoms. The summed E-state index contributed by atoms with van der Waals surface area (Å²) >= 11 is 0. The number of carbonyl (C=O) groups excluding carboxylic acids is 2. The molecule has 1 fully saturated rings. The van der Waals surface area contributed by atoms with Crippen LogP contribution < -0.4 is 10.2 Å². The Labute approximate surface area is 163 Å². The lowest BCUT2D eigenvalue weighted by atomic mass is 10.1. The van der Waals surface area contributed by atoms with E-state index >= 15 is 0 Å². The zero-order valence-electron chi connectivity index (χ0n) is 16.5. The van der Waals surface area contributed by atoms with Crippen LogP contribution in [0.25, 0.3) is 11.0 Å². The maximum atomic E-state index is 12.9. The van der Waals surface area contributed by atoms with E-state index in [1.807, 2.05) is 57.0 Å². The molecule has 7 heteroatoms. The van der Waals surface area contributed by atoms with Crippen LogP contribution in [-0.4, -0.2) is 32.6 Å². The van der Waals surface area contributed by atoms with Gasteiger partial charge in [0, 0.05) is 36.6 Å². The highest BCUT2D eigenvalue weighted by molar-refractivity contribution is 6.12. The van der Waals surface area contributed by atoms with Crippen molar-refractivity contribution in [2.75, 3.05) is 10.2 Å². The number of anilines is 2. The summed E-state index contributed by atoms with van der Waals surface area (Å²) in [6.45, 7) is 5.79. The molecule has 2 aromatic heterocycles. The zero-order chi connectivity index (χ0) is 20.0. The van der Waals surface area contributed by atoms with Gasteiger partial charge in [0.25, 0.3) is 5.91 Å². The Kier molecular flexibility index (Phi) is 4.37. The second-order valence-electron chi connectivity index (χ2n) is 7.37. The van der Waals surface area contributed by atoms with Crippen LogP contribution in [0.15, 0.2) is 30.3 Å². The molecular weight excluding hydrogens is 354 g/mol. The molecule has 7 nitrogen and oxygen atoms in total. The lowest BCUT2D eigenvalue weighted by Crippen LogP contribution is -2.30. The number of hydrogen-bond donors (Lipinski definition) is 1. The van der Waals surface area contributed by atoms with Crippen molar-refractivity contribution in [3.63, 3.8) is 0 Å². The van der Waals surface area contributed by atoms with Crippen molar-refractivity contribution in [2.24, 2.45) is 7.05 Å². The molecule has 2 amide bonds. The molecule has 4 rings (SSSR count). The average Bonchev–Trinajstić information content (AvgIpc) is 3.13. The smallest absolute Gasteiger partial charge is 0.256 e. The Balaban J connectivity index is 1.61. The van der Waals surface area contributed by atoms with E-state index in [0.717, 1.165) is 28.9 Å². The van der Waals surface area contributed by atoms with Crippen LogP contribution in [0.3, 0.4) is 0 Å². The molecule has 1 aliphatic heterocycles. The van der Waals surface area contributed by atoms with E-state index in [1.54, 1.807) is 10.7 Å². The Bertz CT molecular complexity index is 1080. The van der Waals surface area contributed by atoms with Gasteiger partial charge < -0.3 is 10.2 Å². The molecule has 1 aliphatic rings. The van der Waals surface area contributed by atoms with Crippen LogP contribution in [-0.2, 0) is 11.8 Å². The number of fused-ring (bicyclic) bond motifs is 1. The average molecular weight is 377 g/mol. The fourth-order valence-electron chi connectivity index (χ4n) is 3.88. The molecular formula is C21H23N5O2. The number of nitrogens with one attached hydrogen (secondary N) is 1. The van der Waals surface area contributed by atoms with Gasteiger partial charge in [0.15, 0.2) is 5.65 Å². The molecule has 1 atom stereocenters. The quantitative estimate of drug-likeness (QED) is 0.759. The summed E-state index contributed by atoms with van der Waals surface area (Å²) < 4.78 is 1.69. The Morgan fingerprint density at radius 3 is 2.57 bits per heavy atom. The number of carbonyl (C=O) groups is 2. The molecule has 3 heterocycles. The van der Waals surface area contributed by atoms with E-state index in [-0.39, 0.29) is 17.9 Å². The second kappa shape index (κ2) is 6.74. The van der Waals surface area contributed by atoms with E-state index in [2.05, 4.69) is 15.4 Å². The molecule has 1 saturated heterocycles. The van der Waals surface area contributed by atoms with Crippen molar-refractivity contribution in [2.45, 2.75) is 39.7 Å². The summed E-state index contributed by atoms with van der Waals surface area (Å²) in [5, 5.41) is 8.10. The molecule has 144 valence electrons. The third-order valence-corrected chi connectivity index (χ3v) is 5.23. The van der Waals surface area contributed by atoms with Gasteiger partial charge in [-0.1, -0.05) is 0 Å². The van der Waals surface area contributed by atoms with E-state index in [4.69, 9.17) is 0 Å². The summed E-state index contributed by atoms with van der Waals surface area (Å²) in [5.41, 5.74) is 4.32. The lowest BCUT2D eigenvalue weighted by molar-refractivity contribution is -0.117. The number of aryl methyl sites for hydroxylation is 3. The third kappa shape index (κ3) is 3.02. The van der Waals surface area contributed by atoms with Gasteiger partial charge in [0.05, 0.1) is 16.6 Å². The zero-order valence-corrected chi connectivity index (χ0v) is 16.5. The minimum Gasteiger partial charge on any atom is -0.322 e. The van der Waals surface area contributed by atoms with Crippen LogP contribution in [0.5, 0.6) is 0 Å². The first kappa shape index (κ1) is 18.2. The molecule has 0 radical (unpaired) electrons. The van der Waals surface area contributed by atoms with Gasteiger partial charge in [0.1, 0.15) is 0 Å². The van der Waals surface area contributed by atoms with Crippen molar-refractivity contribution in [3.8, 4) is 0 Å². The van der Waals surface area contributed by atoms with Gasteiger partial charge in [-0.2, -0.15) is 5.10 Å². The molecule has 0 aliphatic carbocycles. The van der Waals surface area contributed by atoms with E-state index < -0.39 is 0 Å². The fourth-order valence-corrected chi connectivity index (χ4v) is 3.88. The third-order valence-electron chi connectivity index (χ3n) is 5.23. The van der Waals surface area contributed by atoms with Crippen molar-refractivity contribution in [1.82, 2.24) is 14.8 Å². The number of amides is 2. The number of pyridine rings is 1. The predicted octanol–water partition coefficient (Wildman–Crippen LogP) is 3.35. The van der Waals surface area contributed by atoms with Gasteiger partial charge >= 0.3 is 0 Å². The number of benzene rings is 1. The first-order valence-corrected chi connectivity index (χ1v) is 9.39. The van der Waals surface area contributed by atoms with Crippen molar-refractivity contribution in [1.29, 1.82) is 0 Å². The van der Waals surface area contributed by atoms with Gasteiger partial charge in [-0.3, -0.25) is 14.3 Å². The van der Waals surface area contributed by atoms with Crippen molar-refractivity contribution < 1.29 is 9.59 Å². The van der Waals surface area contributed by atoms with E-state index in [9.17, 15) is 9.59 Å². The van der Waals surface area contributed by atoms with Crippen LogP contribution in [0.2, 0.25) is 0 Å². The minimum atomic E-state index is -0.204. The monoisotopic (exact) mass is 377 g/mol. The summed E-state index contributed by atoms with van der Waals surface area (Å²) in [6.07, 6.45) is 1.46. The molecule has 0 saturated carbocycles. The maximum absolute atomic E-state index is 12.9. The van der Waals surface area contributed by atoms with Crippen LogP contribution >= 0.6 is 0 Å². The molecule has 3 aromatic rings. The number of nitrogens with zero attached hydrogens (tertiary/aromatic N) is 4. The van der Waals surface area contributed by atoms with Crippen LogP contribution in [0.1, 0.15) is 41.5 Å². The molecule has 1 aromatic carbocycles. The number of rotatable bonds is 3. The summed E-state index contributed by atoms with van der Waals surface area (Å²) in [6, 6.07) is 9.39. The summed E-state index contributed by atoms with van der Waals surface area (Å²) in [5.74, 6) is -0.0593. The largest absolute Gasteiger partial charge is 0.322 e. The highest BCUT2D eigenvalue weighted by Gasteiger charge is 2.28. The van der Waals surface area contributed by atoms with Crippen LogP contribution in [0, 0.1) is 13.8 Å². The first-order valence-electron chi connectivity index (χ1n) is 9.39.